The maximum atomic E-state index is 11.6. The summed E-state index contributed by atoms with van der Waals surface area (Å²) in [5.41, 5.74) is 6.52. The molecule has 1 rings (SSSR count). The van der Waals surface area contributed by atoms with Crippen LogP contribution in [0.2, 0.25) is 0 Å². The SMILES string of the molecule is COC(=O)[C@H](C)NC(=O)c1ccc(N)cc1.Cl. The molecule has 1 aromatic rings. The lowest BCUT2D eigenvalue weighted by Crippen LogP contribution is -2.39. The van der Waals surface area contributed by atoms with Crippen molar-refractivity contribution < 1.29 is 14.3 Å². The summed E-state index contributed by atoms with van der Waals surface area (Å²) in [7, 11) is 1.27. The molecule has 1 atom stereocenters. The van der Waals surface area contributed by atoms with Gasteiger partial charge in [-0.05, 0) is 31.2 Å². The lowest BCUT2D eigenvalue weighted by Gasteiger charge is -2.11. The van der Waals surface area contributed by atoms with Crippen molar-refractivity contribution in [2.24, 2.45) is 0 Å². The van der Waals surface area contributed by atoms with Crippen LogP contribution < -0.4 is 11.1 Å². The zero-order valence-electron chi connectivity index (χ0n) is 9.60. The number of nitrogens with one attached hydrogen (secondary N) is 1. The smallest absolute Gasteiger partial charge is 0.328 e. The average Bonchev–Trinajstić information content (AvgIpc) is 2.28. The van der Waals surface area contributed by atoms with Crippen molar-refractivity contribution in [1.82, 2.24) is 5.32 Å². The molecule has 94 valence electrons. The molecular formula is C11H15ClN2O3. The molecule has 0 bridgehead atoms. The number of carbonyl (C=O) groups is 2. The van der Waals surface area contributed by atoms with Crippen molar-refractivity contribution in [3.63, 3.8) is 0 Å². The number of esters is 1. The Kier molecular flexibility index (Phi) is 6.06. The number of hydrogen-bond acceptors (Lipinski definition) is 4. The van der Waals surface area contributed by atoms with Gasteiger partial charge in [0.2, 0.25) is 0 Å². The van der Waals surface area contributed by atoms with E-state index in [1.807, 2.05) is 0 Å². The van der Waals surface area contributed by atoms with Gasteiger partial charge in [0, 0.05) is 11.3 Å². The monoisotopic (exact) mass is 258 g/mol. The van der Waals surface area contributed by atoms with Gasteiger partial charge in [0.25, 0.3) is 5.91 Å². The molecule has 0 fully saturated rings. The molecule has 0 spiro atoms. The Balaban J connectivity index is 0.00000256. The molecular weight excluding hydrogens is 244 g/mol. The van der Waals surface area contributed by atoms with E-state index in [4.69, 9.17) is 5.73 Å². The molecule has 1 aromatic carbocycles. The third-order valence-electron chi connectivity index (χ3n) is 2.08. The first-order chi connectivity index (χ1) is 7.54. The topological polar surface area (TPSA) is 81.4 Å². The number of methoxy groups -OCH3 is 1. The van der Waals surface area contributed by atoms with Gasteiger partial charge >= 0.3 is 5.97 Å². The Morgan fingerprint density at radius 3 is 2.29 bits per heavy atom. The van der Waals surface area contributed by atoms with E-state index in [2.05, 4.69) is 10.1 Å². The molecule has 0 unspecified atom stereocenters. The van der Waals surface area contributed by atoms with Gasteiger partial charge in [-0.2, -0.15) is 0 Å². The molecule has 6 heteroatoms. The first kappa shape index (κ1) is 15.2. The van der Waals surface area contributed by atoms with Crippen molar-refractivity contribution in [3.05, 3.63) is 29.8 Å². The van der Waals surface area contributed by atoms with Crippen LogP contribution in [0.1, 0.15) is 17.3 Å². The minimum Gasteiger partial charge on any atom is -0.467 e. The van der Waals surface area contributed by atoms with Gasteiger partial charge in [-0.3, -0.25) is 4.79 Å². The molecule has 0 aliphatic carbocycles. The number of rotatable bonds is 3. The van der Waals surface area contributed by atoms with Gasteiger partial charge in [-0.1, -0.05) is 0 Å². The van der Waals surface area contributed by atoms with E-state index in [1.54, 1.807) is 31.2 Å². The number of halogens is 1. The summed E-state index contributed by atoms with van der Waals surface area (Å²) in [4.78, 5) is 22.7. The zero-order valence-corrected chi connectivity index (χ0v) is 10.4. The fourth-order valence-corrected chi connectivity index (χ4v) is 1.15. The highest BCUT2D eigenvalue weighted by molar-refractivity contribution is 5.96. The second-order valence-electron chi connectivity index (χ2n) is 3.34. The van der Waals surface area contributed by atoms with E-state index in [9.17, 15) is 9.59 Å². The highest BCUT2D eigenvalue weighted by Gasteiger charge is 2.16. The number of benzene rings is 1. The lowest BCUT2D eigenvalue weighted by atomic mass is 10.2. The Morgan fingerprint density at radius 2 is 1.82 bits per heavy atom. The lowest BCUT2D eigenvalue weighted by molar-refractivity contribution is -0.142. The highest BCUT2D eigenvalue weighted by atomic mass is 35.5. The summed E-state index contributed by atoms with van der Waals surface area (Å²) in [6.07, 6.45) is 0. The molecule has 1 amide bonds. The van der Waals surface area contributed by atoms with Crippen LogP contribution in [0.3, 0.4) is 0 Å². The van der Waals surface area contributed by atoms with Gasteiger partial charge in [0.05, 0.1) is 7.11 Å². The normalized spacial score (nSPS) is 10.9. The number of nitrogens with two attached hydrogens (primary N) is 1. The fraction of sp³-hybridized carbons (Fsp3) is 0.273. The molecule has 0 radical (unpaired) electrons. The van der Waals surface area contributed by atoms with E-state index in [-0.39, 0.29) is 18.3 Å². The summed E-state index contributed by atoms with van der Waals surface area (Å²) in [6, 6.07) is 5.76. The van der Waals surface area contributed by atoms with Crippen LogP contribution in [0.5, 0.6) is 0 Å². The maximum Gasteiger partial charge on any atom is 0.328 e. The van der Waals surface area contributed by atoms with Crippen LogP contribution in [-0.4, -0.2) is 25.0 Å². The molecule has 0 saturated carbocycles. The predicted octanol–water partition coefficient (Wildman–Crippen LogP) is 0.982. The molecule has 5 nitrogen and oxygen atoms in total. The molecule has 3 N–H and O–H groups in total. The molecule has 0 aliphatic rings. The van der Waals surface area contributed by atoms with Gasteiger partial charge < -0.3 is 15.8 Å². The minimum absolute atomic E-state index is 0. The Bertz CT molecular complexity index is 392. The van der Waals surface area contributed by atoms with E-state index in [1.165, 1.54) is 7.11 Å². The second-order valence-corrected chi connectivity index (χ2v) is 3.34. The third kappa shape index (κ3) is 4.32. The van der Waals surface area contributed by atoms with Gasteiger partial charge in [0.1, 0.15) is 6.04 Å². The number of amides is 1. The molecule has 0 heterocycles. The van der Waals surface area contributed by atoms with E-state index >= 15 is 0 Å². The van der Waals surface area contributed by atoms with Gasteiger partial charge in [-0.25, -0.2) is 4.79 Å². The van der Waals surface area contributed by atoms with Crippen molar-refractivity contribution in [1.29, 1.82) is 0 Å². The van der Waals surface area contributed by atoms with Crippen LogP contribution in [-0.2, 0) is 9.53 Å². The van der Waals surface area contributed by atoms with Crippen LogP contribution >= 0.6 is 12.4 Å². The van der Waals surface area contributed by atoms with Gasteiger partial charge in [-0.15, -0.1) is 12.4 Å². The predicted molar refractivity (Wildman–Crippen MR) is 67.0 cm³/mol. The van der Waals surface area contributed by atoms with Crippen molar-refractivity contribution >= 4 is 30.0 Å². The number of carbonyl (C=O) groups excluding carboxylic acids is 2. The van der Waals surface area contributed by atoms with Crippen molar-refractivity contribution in [2.75, 3.05) is 12.8 Å². The Labute approximate surface area is 106 Å². The summed E-state index contributed by atoms with van der Waals surface area (Å²) >= 11 is 0. The second kappa shape index (κ2) is 6.75. The molecule has 0 aliphatic heterocycles. The summed E-state index contributed by atoms with van der Waals surface area (Å²) in [6.45, 7) is 1.56. The minimum atomic E-state index is -0.671. The fourth-order valence-electron chi connectivity index (χ4n) is 1.15. The van der Waals surface area contributed by atoms with Crippen LogP contribution in [0.15, 0.2) is 24.3 Å². The zero-order chi connectivity index (χ0) is 12.1. The largest absolute Gasteiger partial charge is 0.467 e. The molecule has 17 heavy (non-hydrogen) atoms. The number of ether oxygens (including phenoxy) is 1. The Morgan fingerprint density at radius 1 is 1.29 bits per heavy atom. The summed E-state index contributed by atoms with van der Waals surface area (Å²) < 4.78 is 4.49. The standard InChI is InChI=1S/C11H14N2O3.ClH/c1-7(11(15)16-2)13-10(14)8-3-5-9(12)6-4-8;/h3-7H,12H2,1-2H3,(H,13,14);1H/t7-;/m0./s1. The van der Waals surface area contributed by atoms with E-state index < -0.39 is 12.0 Å². The summed E-state index contributed by atoms with van der Waals surface area (Å²) in [5.74, 6) is -0.818. The average molecular weight is 259 g/mol. The number of hydrogen-bond donors (Lipinski definition) is 2. The molecule has 0 saturated heterocycles. The van der Waals surface area contributed by atoms with Crippen LogP contribution in [0.4, 0.5) is 5.69 Å². The molecule has 0 aromatic heterocycles. The van der Waals surface area contributed by atoms with Crippen LogP contribution in [0.25, 0.3) is 0 Å². The van der Waals surface area contributed by atoms with E-state index in [0.29, 0.717) is 11.3 Å². The highest BCUT2D eigenvalue weighted by Crippen LogP contribution is 2.05. The first-order valence-corrected chi connectivity index (χ1v) is 4.79. The van der Waals surface area contributed by atoms with Crippen molar-refractivity contribution in [2.45, 2.75) is 13.0 Å². The van der Waals surface area contributed by atoms with Gasteiger partial charge in [0.15, 0.2) is 0 Å². The summed E-state index contributed by atoms with van der Waals surface area (Å²) in [5, 5.41) is 2.51. The quantitative estimate of drug-likeness (QED) is 0.626. The number of nitrogen functional groups attached to an aromatic ring is 1. The third-order valence-corrected chi connectivity index (χ3v) is 2.08. The van der Waals surface area contributed by atoms with E-state index in [0.717, 1.165) is 0 Å². The Hall–Kier alpha value is -1.75. The van der Waals surface area contributed by atoms with Crippen molar-refractivity contribution in [3.8, 4) is 0 Å². The first-order valence-electron chi connectivity index (χ1n) is 4.79. The van der Waals surface area contributed by atoms with Crippen LogP contribution in [0, 0.1) is 0 Å². The maximum absolute atomic E-state index is 11.6. The number of anilines is 1.